The first-order chi connectivity index (χ1) is 10.1. The lowest BCUT2D eigenvalue weighted by molar-refractivity contribution is -0.133. The first-order valence-corrected chi connectivity index (χ1v) is 7.58. The largest absolute Gasteiger partial charge is 0.493 e. The van der Waals surface area contributed by atoms with Gasteiger partial charge in [0.1, 0.15) is 5.75 Å². The summed E-state index contributed by atoms with van der Waals surface area (Å²) < 4.78 is 7.38. The van der Waals surface area contributed by atoms with Gasteiger partial charge in [-0.15, -0.1) is 0 Å². The van der Waals surface area contributed by atoms with Crippen molar-refractivity contribution in [2.24, 2.45) is 7.05 Å². The van der Waals surface area contributed by atoms with Gasteiger partial charge in [0, 0.05) is 7.05 Å². The molecule has 21 heavy (non-hydrogen) atoms. The highest BCUT2D eigenvalue weighted by molar-refractivity contribution is 7.99. The summed E-state index contributed by atoms with van der Waals surface area (Å²) >= 11 is 1.17. The maximum absolute atomic E-state index is 10.6. The number of nitrogens with zero attached hydrogens (tertiary/aromatic N) is 3. The summed E-state index contributed by atoms with van der Waals surface area (Å²) in [5.74, 6) is 0.852. The van der Waals surface area contributed by atoms with Crippen LogP contribution in [0.2, 0.25) is 0 Å². The third-order valence-corrected chi connectivity index (χ3v) is 4.31. The lowest BCUT2D eigenvalue weighted by Crippen LogP contribution is -2.20. The Balaban J connectivity index is 1.76. The molecule has 0 radical (unpaired) electrons. The standard InChI is InChI=1S/C14H15N3O3S/c1-17-14(21-8-12(18)19)15-13(16-17)10-6-9-4-2-3-5-11(9)20-7-10/h2-5,10H,6-8H2,1H3,(H,18,19). The SMILES string of the molecule is Cn1nc(C2COc3ccccc3C2)nc1SCC(=O)O. The van der Waals surface area contributed by atoms with Crippen LogP contribution in [0, 0.1) is 0 Å². The van der Waals surface area contributed by atoms with E-state index in [-0.39, 0.29) is 11.7 Å². The van der Waals surface area contributed by atoms with Crippen LogP contribution in [-0.2, 0) is 18.3 Å². The topological polar surface area (TPSA) is 77.2 Å². The quantitative estimate of drug-likeness (QED) is 0.867. The van der Waals surface area contributed by atoms with Gasteiger partial charge in [0.15, 0.2) is 11.0 Å². The van der Waals surface area contributed by atoms with Gasteiger partial charge in [-0.25, -0.2) is 9.67 Å². The van der Waals surface area contributed by atoms with Crippen molar-refractivity contribution < 1.29 is 14.6 Å². The fraction of sp³-hybridized carbons (Fsp3) is 0.357. The molecule has 3 rings (SSSR count). The third-order valence-electron chi connectivity index (χ3n) is 3.31. The predicted molar refractivity (Wildman–Crippen MR) is 77.7 cm³/mol. The summed E-state index contributed by atoms with van der Waals surface area (Å²) in [5.41, 5.74) is 1.15. The van der Waals surface area contributed by atoms with Crippen molar-refractivity contribution in [3.05, 3.63) is 35.7 Å². The van der Waals surface area contributed by atoms with Gasteiger partial charge in [0.05, 0.1) is 18.3 Å². The molecule has 7 heteroatoms. The molecule has 0 bridgehead atoms. The number of carbonyl (C=O) groups is 1. The van der Waals surface area contributed by atoms with E-state index in [1.165, 1.54) is 11.8 Å². The Hall–Kier alpha value is -2.02. The van der Waals surface area contributed by atoms with Crippen LogP contribution >= 0.6 is 11.8 Å². The summed E-state index contributed by atoms with van der Waals surface area (Å²) in [4.78, 5) is 15.1. The number of fused-ring (bicyclic) bond motifs is 1. The van der Waals surface area contributed by atoms with Crippen LogP contribution in [0.25, 0.3) is 0 Å². The highest BCUT2D eigenvalue weighted by atomic mass is 32.2. The van der Waals surface area contributed by atoms with E-state index in [2.05, 4.69) is 10.1 Å². The second-order valence-corrected chi connectivity index (χ2v) is 5.82. The molecule has 110 valence electrons. The molecule has 2 aromatic rings. The van der Waals surface area contributed by atoms with Gasteiger partial charge in [-0.3, -0.25) is 4.79 Å². The fourth-order valence-corrected chi connectivity index (χ4v) is 2.95. The van der Waals surface area contributed by atoms with E-state index in [0.717, 1.165) is 17.7 Å². The van der Waals surface area contributed by atoms with Gasteiger partial charge in [0.25, 0.3) is 0 Å². The van der Waals surface area contributed by atoms with E-state index in [0.29, 0.717) is 17.6 Å². The van der Waals surface area contributed by atoms with Crippen molar-refractivity contribution in [2.45, 2.75) is 17.5 Å². The summed E-state index contributed by atoms with van der Waals surface area (Å²) in [6, 6.07) is 7.96. The number of ether oxygens (including phenoxy) is 1. The molecule has 1 aromatic heterocycles. The van der Waals surface area contributed by atoms with E-state index in [9.17, 15) is 4.79 Å². The monoisotopic (exact) mass is 305 g/mol. The van der Waals surface area contributed by atoms with E-state index in [1.807, 2.05) is 24.3 Å². The Morgan fingerprint density at radius 2 is 2.33 bits per heavy atom. The van der Waals surface area contributed by atoms with Crippen molar-refractivity contribution in [3.63, 3.8) is 0 Å². The summed E-state index contributed by atoms with van der Waals surface area (Å²) in [5, 5.41) is 13.7. The van der Waals surface area contributed by atoms with Crippen LogP contribution in [-0.4, -0.2) is 38.2 Å². The Bertz CT molecular complexity index is 671. The molecule has 1 aromatic carbocycles. The number of aryl methyl sites for hydroxylation is 1. The molecule has 0 amide bonds. The number of aliphatic carboxylic acids is 1. The van der Waals surface area contributed by atoms with Gasteiger partial charge in [0.2, 0.25) is 0 Å². The van der Waals surface area contributed by atoms with E-state index < -0.39 is 5.97 Å². The molecule has 1 aliphatic heterocycles. The van der Waals surface area contributed by atoms with Crippen LogP contribution in [0.5, 0.6) is 5.75 Å². The van der Waals surface area contributed by atoms with Gasteiger partial charge in [-0.2, -0.15) is 5.10 Å². The first kappa shape index (κ1) is 13.9. The molecule has 0 aliphatic carbocycles. The number of aromatic nitrogens is 3. The number of hydrogen-bond acceptors (Lipinski definition) is 5. The Morgan fingerprint density at radius 1 is 1.52 bits per heavy atom. The summed E-state index contributed by atoms with van der Waals surface area (Å²) in [6.07, 6.45) is 0.837. The lowest BCUT2D eigenvalue weighted by Gasteiger charge is -2.23. The Kier molecular flexibility index (Phi) is 3.83. The average molecular weight is 305 g/mol. The number of hydrogen-bond donors (Lipinski definition) is 1. The number of rotatable bonds is 4. The second-order valence-electron chi connectivity index (χ2n) is 4.88. The lowest BCUT2D eigenvalue weighted by atomic mass is 9.96. The molecular weight excluding hydrogens is 290 g/mol. The van der Waals surface area contributed by atoms with Crippen LogP contribution < -0.4 is 4.74 Å². The number of benzene rings is 1. The van der Waals surface area contributed by atoms with Crippen molar-refractivity contribution in [2.75, 3.05) is 12.4 Å². The first-order valence-electron chi connectivity index (χ1n) is 6.59. The molecular formula is C14H15N3O3S. The number of thioether (sulfide) groups is 1. The van der Waals surface area contributed by atoms with Gasteiger partial charge < -0.3 is 9.84 Å². The summed E-state index contributed by atoms with van der Waals surface area (Å²) in [6.45, 7) is 0.546. The number of carboxylic acids is 1. The van der Waals surface area contributed by atoms with Crippen molar-refractivity contribution in [1.29, 1.82) is 0 Å². The van der Waals surface area contributed by atoms with Crippen molar-refractivity contribution >= 4 is 17.7 Å². The van der Waals surface area contributed by atoms with Gasteiger partial charge in [-0.05, 0) is 18.1 Å². The zero-order valence-corrected chi connectivity index (χ0v) is 12.3. The van der Waals surface area contributed by atoms with E-state index in [1.54, 1.807) is 11.7 Å². The Morgan fingerprint density at radius 3 is 3.14 bits per heavy atom. The zero-order chi connectivity index (χ0) is 14.8. The number of carboxylic acid groups (broad SMARTS) is 1. The molecule has 1 atom stereocenters. The predicted octanol–water partition coefficient (Wildman–Crippen LogP) is 1.71. The summed E-state index contributed by atoms with van der Waals surface area (Å²) in [7, 11) is 1.78. The second kappa shape index (κ2) is 5.77. The van der Waals surface area contributed by atoms with Crippen LogP contribution in [0.1, 0.15) is 17.3 Å². The number of para-hydroxylation sites is 1. The normalized spacial score (nSPS) is 17.1. The van der Waals surface area contributed by atoms with Gasteiger partial charge >= 0.3 is 5.97 Å². The van der Waals surface area contributed by atoms with Gasteiger partial charge in [-0.1, -0.05) is 30.0 Å². The van der Waals surface area contributed by atoms with Crippen LogP contribution in [0.3, 0.4) is 0 Å². The Labute approximate surface area is 126 Å². The zero-order valence-electron chi connectivity index (χ0n) is 11.5. The molecule has 0 fully saturated rings. The molecule has 2 heterocycles. The average Bonchev–Trinajstić information content (AvgIpc) is 2.86. The third kappa shape index (κ3) is 3.02. The molecule has 1 aliphatic rings. The van der Waals surface area contributed by atoms with Crippen LogP contribution in [0.4, 0.5) is 0 Å². The molecule has 6 nitrogen and oxygen atoms in total. The molecule has 1 N–H and O–H groups in total. The highest BCUT2D eigenvalue weighted by Crippen LogP contribution is 2.31. The minimum atomic E-state index is -0.862. The van der Waals surface area contributed by atoms with E-state index in [4.69, 9.17) is 9.84 Å². The van der Waals surface area contributed by atoms with Crippen LogP contribution in [0.15, 0.2) is 29.4 Å². The minimum Gasteiger partial charge on any atom is -0.493 e. The highest BCUT2D eigenvalue weighted by Gasteiger charge is 2.25. The molecule has 0 saturated carbocycles. The molecule has 0 spiro atoms. The van der Waals surface area contributed by atoms with Crippen molar-refractivity contribution in [1.82, 2.24) is 14.8 Å². The molecule has 1 unspecified atom stereocenters. The molecule has 0 saturated heterocycles. The smallest absolute Gasteiger partial charge is 0.313 e. The van der Waals surface area contributed by atoms with Crippen molar-refractivity contribution in [3.8, 4) is 5.75 Å². The fourth-order valence-electron chi connectivity index (χ4n) is 2.31. The maximum Gasteiger partial charge on any atom is 0.313 e. The van der Waals surface area contributed by atoms with E-state index >= 15 is 0 Å². The minimum absolute atomic E-state index is 0.0179. The maximum atomic E-state index is 10.6.